The standard InChI is InChI=1S/C28H34ClN7S/c1-17-23(11-18(14-31-17)8-10-36-9-4-5-20(16-36)28(2,3)30)34-27-32-15-19-12-25(37)33-24-13-21(29)6-7-22(24)26(19)35-27/h6-7,11,13-15,20H,4-5,8-10,12,16,30H2,1-3H3,(H,33,37)(H,32,34,35). The zero-order valence-electron chi connectivity index (χ0n) is 21.6. The highest BCUT2D eigenvalue weighted by Crippen LogP contribution is 2.35. The first kappa shape index (κ1) is 26.0. The second-order valence-electron chi connectivity index (χ2n) is 10.8. The smallest absolute Gasteiger partial charge is 0.227 e. The molecule has 1 saturated heterocycles. The number of hydrogen-bond donors (Lipinski definition) is 3. The Bertz CT molecular complexity index is 1320. The highest BCUT2D eigenvalue weighted by Gasteiger charge is 2.29. The zero-order chi connectivity index (χ0) is 26.2. The SMILES string of the molecule is Cc1ncc(CCN2CCCC(C(C)(C)N)C2)cc1Nc1ncc2c(n1)-c1ccc(Cl)cc1NC(=S)C2. The summed E-state index contributed by atoms with van der Waals surface area (Å²) in [4.78, 5) is 17.4. The lowest BCUT2D eigenvalue weighted by Gasteiger charge is -2.39. The Kier molecular flexibility index (Phi) is 7.45. The Labute approximate surface area is 229 Å². The molecule has 5 rings (SSSR count). The fraction of sp³-hybridized carbons (Fsp3) is 0.429. The van der Waals surface area contributed by atoms with Crippen LogP contribution in [0.25, 0.3) is 11.3 Å². The van der Waals surface area contributed by atoms with E-state index in [0.717, 1.165) is 64.9 Å². The number of aromatic nitrogens is 3. The van der Waals surface area contributed by atoms with Gasteiger partial charge < -0.3 is 21.3 Å². The van der Waals surface area contributed by atoms with Gasteiger partial charge in [0.15, 0.2) is 0 Å². The molecule has 2 aromatic heterocycles. The quantitative estimate of drug-likeness (QED) is 0.355. The van der Waals surface area contributed by atoms with Gasteiger partial charge in [0.2, 0.25) is 5.95 Å². The number of nitrogens with zero attached hydrogens (tertiary/aromatic N) is 4. The molecule has 0 saturated carbocycles. The number of likely N-dealkylation sites (tertiary alicyclic amines) is 1. The van der Waals surface area contributed by atoms with E-state index in [1.54, 1.807) is 0 Å². The van der Waals surface area contributed by atoms with Gasteiger partial charge in [0.1, 0.15) is 0 Å². The van der Waals surface area contributed by atoms with Crippen molar-refractivity contribution in [2.75, 3.05) is 30.3 Å². The first-order chi connectivity index (χ1) is 17.7. The molecular weight excluding hydrogens is 502 g/mol. The van der Waals surface area contributed by atoms with Gasteiger partial charge in [0, 0.05) is 59.3 Å². The van der Waals surface area contributed by atoms with E-state index in [0.29, 0.717) is 23.3 Å². The van der Waals surface area contributed by atoms with Crippen LogP contribution in [0.5, 0.6) is 0 Å². The lowest BCUT2D eigenvalue weighted by molar-refractivity contribution is 0.132. The van der Waals surface area contributed by atoms with Crippen molar-refractivity contribution in [3.05, 3.63) is 58.5 Å². The molecule has 4 heterocycles. The van der Waals surface area contributed by atoms with E-state index in [2.05, 4.69) is 45.4 Å². The molecule has 1 atom stereocenters. The lowest BCUT2D eigenvalue weighted by atomic mass is 9.82. The van der Waals surface area contributed by atoms with Crippen LogP contribution in [0.15, 0.2) is 36.7 Å². The third kappa shape index (κ3) is 6.09. The maximum atomic E-state index is 6.41. The summed E-state index contributed by atoms with van der Waals surface area (Å²) in [7, 11) is 0. The lowest BCUT2D eigenvalue weighted by Crippen LogP contribution is -2.49. The monoisotopic (exact) mass is 535 g/mol. The Hall–Kier alpha value is -2.65. The average Bonchev–Trinajstić information content (AvgIpc) is 2.98. The minimum Gasteiger partial charge on any atom is -0.349 e. The van der Waals surface area contributed by atoms with E-state index >= 15 is 0 Å². The number of pyridine rings is 1. The Balaban J connectivity index is 1.33. The molecule has 7 nitrogen and oxygen atoms in total. The number of anilines is 3. The van der Waals surface area contributed by atoms with Crippen molar-refractivity contribution in [3.8, 4) is 11.3 Å². The molecule has 194 valence electrons. The van der Waals surface area contributed by atoms with Crippen molar-refractivity contribution in [2.24, 2.45) is 11.7 Å². The van der Waals surface area contributed by atoms with Crippen LogP contribution in [0.3, 0.4) is 0 Å². The van der Waals surface area contributed by atoms with Crippen LogP contribution in [0, 0.1) is 12.8 Å². The molecule has 0 amide bonds. The maximum absolute atomic E-state index is 6.41. The summed E-state index contributed by atoms with van der Waals surface area (Å²) in [6.45, 7) is 9.47. The minimum atomic E-state index is -0.136. The van der Waals surface area contributed by atoms with E-state index in [4.69, 9.17) is 34.5 Å². The predicted molar refractivity (Wildman–Crippen MR) is 156 cm³/mol. The zero-order valence-corrected chi connectivity index (χ0v) is 23.2. The molecule has 1 aromatic carbocycles. The molecule has 1 unspecified atom stereocenters. The topological polar surface area (TPSA) is 92.0 Å². The summed E-state index contributed by atoms with van der Waals surface area (Å²) < 4.78 is 0. The highest BCUT2D eigenvalue weighted by atomic mass is 35.5. The van der Waals surface area contributed by atoms with Gasteiger partial charge in [-0.1, -0.05) is 23.8 Å². The van der Waals surface area contributed by atoms with Crippen LogP contribution in [-0.4, -0.2) is 50.0 Å². The molecule has 4 N–H and O–H groups in total. The number of thiocarbonyl (C=S) groups is 1. The van der Waals surface area contributed by atoms with E-state index in [-0.39, 0.29) is 5.54 Å². The Morgan fingerprint density at radius 3 is 2.89 bits per heavy atom. The molecule has 0 bridgehead atoms. The van der Waals surface area contributed by atoms with Gasteiger partial charge in [0.05, 0.1) is 22.1 Å². The number of nitrogens with two attached hydrogens (primary N) is 1. The van der Waals surface area contributed by atoms with Gasteiger partial charge in [-0.15, -0.1) is 0 Å². The number of nitrogens with one attached hydrogen (secondary N) is 2. The second kappa shape index (κ2) is 10.6. The van der Waals surface area contributed by atoms with E-state index in [1.807, 2.05) is 37.5 Å². The molecule has 1 fully saturated rings. The molecule has 0 spiro atoms. The number of aryl methyl sites for hydroxylation is 1. The Morgan fingerprint density at radius 1 is 1.24 bits per heavy atom. The first-order valence-electron chi connectivity index (χ1n) is 12.8. The van der Waals surface area contributed by atoms with Crippen LogP contribution in [0.4, 0.5) is 17.3 Å². The normalized spacial score (nSPS) is 18.0. The van der Waals surface area contributed by atoms with Crippen molar-refractivity contribution >= 4 is 46.1 Å². The van der Waals surface area contributed by atoms with Gasteiger partial charge in [-0.3, -0.25) is 4.98 Å². The highest BCUT2D eigenvalue weighted by molar-refractivity contribution is 7.80. The number of rotatable bonds is 6. The fourth-order valence-electron chi connectivity index (χ4n) is 5.14. The number of piperidine rings is 1. The summed E-state index contributed by atoms with van der Waals surface area (Å²) >= 11 is 11.7. The summed E-state index contributed by atoms with van der Waals surface area (Å²) in [6.07, 6.45) is 7.74. The molecular formula is C28H34ClN7S. The molecule has 3 aromatic rings. The van der Waals surface area contributed by atoms with Crippen molar-refractivity contribution in [2.45, 2.75) is 52.0 Å². The van der Waals surface area contributed by atoms with Crippen molar-refractivity contribution in [1.29, 1.82) is 0 Å². The second-order valence-corrected chi connectivity index (χ2v) is 11.7. The molecule has 2 aliphatic rings. The number of fused-ring (bicyclic) bond motifs is 3. The third-order valence-corrected chi connectivity index (χ3v) is 7.87. The number of hydrogen-bond acceptors (Lipinski definition) is 7. The van der Waals surface area contributed by atoms with Crippen LogP contribution < -0.4 is 16.4 Å². The number of halogens is 1. The predicted octanol–water partition coefficient (Wildman–Crippen LogP) is 5.53. The van der Waals surface area contributed by atoms with Gasteiger partial charge >= 0.3 is 0 Å². The fourth-order valence-corrected chi connectivity index (χ4v) is 5.57. The summed E-state index contributed by atoms with van der Waals surface area (Å²) in [5.74, 6) is 1.06. The van der Waals surface area contributed by atoms with E-state index in [9.17, 15) is 0 Å². The number of benzene rings is 1. The van der Waals surface area contributed by atoms with Gasteiger partial charge in [-0.2, -0.15) is 0 Å². The first-order valence-corrected chi connectivity index (χ1v) is 13.6. The van der Waals surface area contributed by atoms with Crippen molar-refractivity contribution < 1.29 is 0 Å². The molecule has 0 radical (unpaired) electrons. The van der Waals surface area contributed by atoms with Crippen LogP contribution in [-0.2, 0) is 12.8 Å². The van der Waals surface area contributed by atoms with Crippen LogP contribution >= 0.6 is 23.8 Å². The van der Waals surface area contributed by atoms with E-state index < -0.39 is 0 Å². The molecule has 0 aliphatic carbocycles. The summed E-state index contributed by atoms with van der Waals surface area (Å²) in [5, 5.41) is 7.34. The third-order valence-electron chi connectivity index (χ3n) is 7.39. The molecule has 9 heteroatoms. The van der Waals surface area contributed by atoms with Crippen LogP contribution in [0.2, 0.25) is 5.02 Å². The van der Waals surface area contributed by atoms with Crippen molar-refractivity contribution in [3.63, 3.8) is 0 Å². The summed E-state index contributed by atoms with van der Waals surface area (Å²) in [6, 6.07) is 7.88. The van der Waals surface area contributed by atoms with Crippen LogP contribution in [0.1, 0.15) is 43.5 Å². The van der Waals surface area contributed by atoms with Gasteiger partial charge in [-0.05, 0) is 82.3 Å². The van der Waals surface area contributed by atoms with Crippen molar-refractivity contribution in [1.82, 2.24) is 19.9 Å². The van der Waals surface area contributed by atoms with E-state index in [1.165, 1.54) is 18.4 Å². The molecule has 2 aliphatic heterocycles. The van der Waals surface area contributed by atoms with Gasteiger partial charge in [0.25, 0.3) is 0 Å². The summed E-state index contributed by atoms with van der Waals surface area (Å²) in [5.41, 5.74) is 12.9. The maximum Gasteiger partial charge on any atom is 0.227 e. The average molecular weight is 536 g/mol. The largest absolute Gasteiger partial charge is 0.349 e. The minimum absolute atomic E-state index is 0.136. The van der Waals surface area contributed by atoms with Gasteiger partial charge in [-0.25, -0.2) is 9.97 Å². The Morgan fingerprint density at radius 2 is 2.08 bits per heavy atom. The molecule has 37 heavy (non-hydrogen) atoms.